The van der Waals surface area contributed by atoms with Gasteiger partial charge in [0.2, 0.25) is 0 Å². The Morgan fingerprint density at radius 1 is 1.50 bits per heavy atom. The highest BCUT2D eigenvalue weighted by molar-refractivity contribution is 5.31. The van der Waals surface area contributed by atoms with Crippen molar-refractivity contribution in [1.29, 1.82) is 0 Å². The molecule has 2 rings (SSSR count). The van der Waals surface area contributed by atoms with Crippen molar-refractivity contribution in [2.24, 2.45) is 0 Å². The van der Waals surface area contributed by atoms with Gasteiger partial charge >= 0.3 is 0 Å². The molecule has 5 nitrogen and oxygen atoms in total. The zero-order valence-electron chi connectivity index (χ0n) is 11.3. The number of aliphatic hydroxyl groups is 1. The van der Waals surface area contributed by atoms with E-state index in [9.17, 15) is 5.11 Å². The normalized spacial score (nSPS) is 24.8. The van der Waals surface area contributed by atoms with E-state index in [0.29, 0.717) is 12.2 Å². The quantitative estimate of drug-likeness (QED) is 0.848. The fourth-order valence-corrected chi connectivity index (χ4v) is 2.66. The molecule has 1 aliphatic heterocycles. The fourth-order valence-electron chi connectivity index (χ4n) is 2.66. The molecule has 1 aromatic heterocycles. The Balaban J connectivity index is 2.36. The molecule has 0 radical (unpaired) electrons. The van der Waals surface area contributed by atoms with Crippen LogP contribution in [0.5, 0.6) is 5.75 Å². The first-order valence-corrected chi connectivity index (χ1v) is 6.74. The van der Waals surface area contributed by atoms with E-state index in [-0.39, 0.29) is 0 Å². The maximum Gasteiger partial charge on any atom is 0.162 e. The number of hydrogen-bond acceptors (Lipinski definition) is 4. The summed E-state index contributed by atoms with van der Waals surface area (Å²) in [4.78, 5) is 0. The number of methoxy groups -OCH3 is 1. The van der Waals surface area contributed by atoms with Crippen molar-refractivity contribution in [2.75, 3.05) is 20.2 Å². The number of rotatable bonds is 4. The molecule has 2 N–H and O–H groups in total. The summed E-state index contributed by atoms with van der Waals surface area (Å²) in [5, 5.41) is 18.6. The molecule has 1 fully saturated rings. The van der Waals surface area contributed by atoms with Crippen molar-refractivity contribution in [3.8, 4) is 5.75 Å². The summed E-state index contributed by atoms with van der Waals surface area (Å²) in [6.45, 7) is 4.72. The van der Waals surface area contributed by atoms with Crippen LogP contribution in [0.3, 0.4) is 0 Å². The third-order valence-corrected chi connectivity index (χ3v) is 3.56. The van der Waals surface area contributed by atoms with Crippen molar-refractivity contribution in [1.82, 2.24) is 15.1 Å². The summed E-state index contributed by atoms with van der Waals surface area (Å²) >= 11 is 0. The number of nitrogens with one attached hydrogen (secondary N) is 1. The number of aromatic nitrogens is 2. The lowest BCUT2D eigenvalue weighted by atomic mass is 9.90. The fraction of sp³-hybridized carbons (Fsp3) is 0.769. The Bertz CT molecular complexity index is 382. The van der Waals surface area contributed by atoms with Crippen LogP contribution in [0.1, 0.15) is 38.3 Å². The van der Waals surface area contributed by atoms with Crippen molar-refractivity contribution < 1.29 is 9.84 Å². The zero-order chi connectivity index (χ0) is 13.0. The molecule has 18 heavy (non-hydrogen) atoms. The van der Waals surface area contributed by atoms with Gasteiger partial charge in [-0.2, -0.15) is 5.10 Å². The van der Waals surface area contributed by atoms with Gasteiger partial charge in [-0.05, 0) is 38.8 Å². The highest BCUT2D eigenvalue weighted by atomic mass is 16.5. The van der Waals surface area contributed by atoms with Gasteiger partial charge in [0, 0.05) is 6.54 Å². The van der Waals surface area contributed by atoms with Crippen LogP contribution < -0.4 is 10.1 Å². The summed E-state index contributed by atoms with van der Waals surface area (Å²) in [7, 11) is 1.63. The molecule has 5 heteroatoms. The molecule has 0 bridgehead atoms. The Morgan fingerprint density at radius 3 is 3.06 bits per heavy atom. The van der Waals surface area contributed by atoms with E-state index in [4.69, 9.17) is 4.74 Å². The van der Waals surface area contributed by atoms with Gasteiger partial charge < -0.3 is 15.2 Å². The van der Waals surface area contributed by atoms with Crippen LogP contribution in [0.25, 0.3) is 0 Å². The number of ether oxygens (including phenoxy) is 1. The first kappa shape index (κ1) is 13.4. The number of hydrogen-bond donors (Lipinski definition) is 2. The minimum Gasteiger partial charge on any atom is -0.493 e. The van der Waals surface area contributed by atoms with Crippen molar-refractivity contribution >= 4 is 0 Å². The largest absolute Gasteiger partial charge is 0.493 e. The molecular weight excluding hydrogens is 230 g/mol. The van der Waals surface area contributed by atoms with E-state index in [1.165, 1.54) is 0 Å². The van der Waals surface area contributed by atoms with Gasteiger partial charge in [-0.3, -0.25) is 4.68 Å². The van der Waals surface area contributed by atoms with Gasteiger partial charge in [0.15, 0.2) is 5.75 Å². The second-order valence-electron chi connectivity index (χ2n) is 4.92. The average Bonchev–Trinajstić information content (AvgIpc) is 2.65. The van der Waals surface area contributed by atoms with Crippen molar-refractivity contribution in [3.63, 3.8) is 0 Å². The Labute approximate surface area is 108 Å². The Morgan fingerprint density at radius 2 is 2.33 bits per heavy atom. The lowest BCUT2D eigenvalue weighted by molar-refractivity contribution is 0.0127. The third kappa shape index (κ3) is 2.52. The summed E-state index contributed by atoms with van der Waals surface area (Å²) < 4.78 is 7.26. The lowest BCUT2D eigenvalue weighted by Gasteiger charge is -2.28. The zero-order valence-corrected chi connectivity index (χ0v) is 11.3. The molecule has 1 atom stereocenters. The van der Waals surface area contributed by atoms with E-state index in [2.05, 4.69) is 17.3 Å². The van der Waals surface area contributed by atoms with Gasteiger partial charge in [-0.15, -0.1) is 0 Å². The molecule has 102 valence electrons. The maximum atomic E-state index is 11.0. The number of nitrogens with zero attached hydrogens (tertiary/aromatic N) is 2. The summed E-state index contributed by atoms with van der Waals surface area (Å²) in [5.74, 6) is 0.702. The topological polar surface area (TPSA) is 59.3 Å². The van der Waals surface area contributed by atoms with Crippen LogP contribution in [0.15, 0.2) is 6.20 Å². The molecule has 1 unspecified atom stereocenters. The van der Waals surface area contributed by atoms with E-state index in [0.717, 1.165) is 44.6 Å². The van der Waals surface area contributed by atoms with Crippen LogP contribution in [0.4, 0.5) is 0 Å². The Hall–Kier alpha value is -1.07. The van der Waals surface area contributed by atoms with E-state index in [1.54, 1.807) is 13.3 Å². The summed E-state index contributed by atoms with van der Waals surface area (Å²) in [6.07, 6.45) is 5.13. The predicted molar refractivity (Wildman–Crippen MR) is 69.7 cm³/mol. The van der Waals surface area contributed by atoms with E-state index in [1.807, 2.05) is 4.68 Å². The molecule has 2 heterocycles. The molecule has 1 saturated heterocycles. The SMILES string of the molecule is CCCn1ncc(OC)c1C1(O)CCCNCC1. The van der Waals surface area contributed by atoms with Gasteiger partial charge in [0.25, 0.3) is 0 Å². The highest BCUT2D eigenvalue weighted by Crippen LogP contribution is 2.37. The number of aryl methyl sites for hydroxylation is 1. The molecule has 0 aromatic carbocycles. The first-order valence-electron chi connectivity index (χ1n) is 6.74. The minimum absolute atomic E-state index is 0.702. The van der Waals surface area contributed by atoms with E-state index >= 15 is 0 Å². The predicted octanol–water partition coefficient (Wildman–Crippen LogP) is 1.26. The van der Waals surface area contributed by atoms with Crippen molar-refractivity contribution in [3.05, 3.63) is 11.9 Å². The van der Waals surface area contributed by atoms with Crippen molar-refractivity contribution in [2.45, 2.75) is 44.8 Å². The first-order chi connectivity index (χ1) is 8.71. The minimum atomic E-state index is -0.819. The van der Waals surface area contributed by atoms with Crippen LogP contribution in [0, 0.1) is 0 Å². The van der Waals surface area contributed by atoms with Gasteiger partial charge in [-0.1, -0.05) is 6.92 Å². The lowest BCUT2D eigenvalue weighted by Crippen LogP contribution is -2.31. The molecule has 0 aliphatic carbocycles. The standard InChI is InChI=1S/C13H23N3O2/c1-3-9-16-12(11(18-2)10-15-16)13(17)5-4-7-14-8-6-13/h10,14,17H,3-9H2,1-2H3. The molecule has 0 spiro atoms. The second-order valence-corrected chi connectivity index (χ2v) is 4.92. The van der Waals surface area contributed by atoms with Gasteiger partial charge in [0.1, 0.15) is 11.3 Å². The van der Waals surface area contributed by atoms with Crippen LogP contribution in [-0.4, -0.2) is 35.1 Å². The second kappa shape index (κ2) is 5.71. The monoisotopic (exact) mass is 253 g/mol. The molecule has 0 saturated carbocycles. The molecular formula is C13H23N3O2. The van der Waals surface area contributed by atoms with Gasteiger partial charge in [-0.25, -0.2) is 0 Å². The average molecular weight is 253 g/mol. The summed E-state index contributed by atoms with van der Waals surface area (Å²) in [6, 6.07) is 0. The van der Waals surface area contributed by atoms with Crippen LogP contribution >= 0.6 is 0 Å². The smallest absolute Gasteiger partial charge is 0.162 e. The molecule has 1 aliphatic rings. The van der Waals surface area contributed by atoms with Gasteiger partial charge in [0.05, 0.1) is 13.3 Å². The Kier molecular flexibility index (Phi) is 4.24. The molecule has 1 aromatic rings. The van der Waals surface area contributed by atoms with E-state index < -0.39 is 5.60 Å². The third-order valence-electron chi connectivity index (χ3n) is 3.56. The maximum absolute atomic E-state index is 11.0. The molecule has 0 amide bonds. The summed E-state index contributed by atoms with van der Waals surface area (Å²) in [5.41, 5.74) is 0.0242. The van der Waals surface area contributed by atoms with Crippen LogP contribution in [0.2, 0.25) is 0 Å². The van der Waals surface area contributed by atoms with Crippen LogP contribution in [-0.2, 0) is 12.1 Å². The highest BCUT2D eigenvalue weighted by Gasteiger charge is 2.36.